The number of carbonyl (C=O) groups is 2. The van der Waals surface area contributed by atoms with Gasteiger partial charge in [-0.25, -0.2) is 0 Å². The van der Waals surface area contributed by atoms with Crippen LogP contribution in [-0.2, 0) is 10.8 Å². The molecule has 1 amide bonds. The summed E-state index contributed by atoms with van der Waals surface area (Å²) in [5, 5.41) is 2.93. The molecule has 1 N–H and O–H groups in total. The minimum absolute atomic E-state index is 0.00656. The van der Waals surface area contributed by atoms with E-state index in [4.69, 9.17) is 4.42 Å². The Labute approximate surface area is 221 Å². The van der Waals surface area contributed by atoms with Crippen LogP contribution in [0.15, 0.2) is 52.9 Å². The molecule has 0 saturated heterocycles. The average Bonchev–Trinajstić information content (AvgIpc) is 3.35. The third-order valence-corrected chi connectivity index (χ3v) is 7.91. The van der Waals surface area contributed by atoms with Gasteiger partial charge in [-0.15, -0.1) is 0 Å². The lowest BCUT2D eigenvalue weighted by atomic mass is 9.62. The Kier molecular flexibility index (Phi) is 7.36. The first kappa shape index (κ1) is 26.7. The SMILES string of the molecule is CCN(CCNC(=O)c1ccc(C(=O)c2cc3c(cc2C)C(C)(C)CCC3(C)C)o1)c1cccc(C)c1. The van der Waals surface area contributed by atoms with Crippen LogP contribution in [0.3, 0.4) is 0 Å². The molecule has 0 spiro atoms. The molecular formula is C32H40N2O3. The fraction of sp³-hybridized carbons (Fsp3) is 0.438. The first-order valence-electron chi connectivity index (χ1n) is 13.3. The van der Waals surface area contributed by atoms with Crippen molar-refractivity contribution in [2.24, 2.45) is 0 Å². The van der Waals surface area contributed by atoms with Gasteiger partial charge in [0.15, 0.2) is 11.5 Å². The van der Waals surface area contributed by atoms with Gasteiger partial charge in [-0.05, 0) is 97.0 Å². The quantitative estimate of drug-likeness (QED) is 0.348. The number of benzene rings is 2. The molecule has 0 bridgehead atoms. The molecule has 5 heteroatoms. The van der Waals surface area contributed by atoms with Gasteiger partial charge in [-0.1, -0.05) is 45.9 Å². The van der Waals surface area contributed by atoms with E-state index >= 15 is 0 Å². The molecule has 0 fully saturated rings. The number of carbonyl (C=O) groups excluding carboxylic acids is 2. The molecule has 3 aromatic rings. The molecule has 5 nitrogen and oxygen atoms in total. The van der Waals surface area contributed by atoms with E-state index in [0.29, 0.717) is 18.7 Å². The van der Waals surface area contributed by atoms with E-state index in [1.54, 1.807) is 12.1 Å². The van der Waals surface area contributed by atoms with Gasteiger partial charge >= 0.3 is 0 Å². The standard InChI is InChI=1S/C32H40N2O3/c1-8-34(23-11-9-10-21(2)18-23)17-16-33-30(36)28-13-12-27(37-28)29(35)24-20-26-25(19-22(24)3)31(4,5)14-15-32(26,6)7/h9-13,18-20H,8,14-17H2,1-7H3,(H,33,36). The van der Waals surface area contributed by atoms with Crippen molar-refractivity contribution >= 4 is 17.4 Å². The zero-order chi connectivity index (χ0) is 27.0. The van der Waals surface area contributed by atoms with Crippen LogP contribution < -0.4 is 10.2 Å². The van der Waals surface area contributed by atoms with E-state index in [1.165, 1.54) is 16.7 Å². The summed E-state index contributed by atoms with van der Waals surface area (Å²) in [6.45, 7) is 17.2. The summed E-state index contributed by atoms with van der Waals surface area (Å²) in [4.78, 5) is 28.4. The van der Waals surface area contributed by atoms with Gasteiger partial charge in [-0.2, -0.15) is 0 Å². The molecular weight excluding hydrogens is 460 g/mol. The molecule has 0 atom stereocenters. The maximum absolute atomic E-state index is 13.5. The topological polar surface area (TPSA) is 62.6 Å². The molecule has 0 aliphatic heterocycles. The molecule has 1 heterocycles. The van der Waals surface area contributed by atoms with Gasteiger partial charge in [-0.3, -0.25) is 9.59 Å². The van der Waals surface area contributed by atoms with Gasteiger partial charge in [0.1, 0.15) is 0 Å². The lowest BCUT2D eigenvalue weighted by molar-refractivity contribution is 0.0920. The largest absolute Gasteiger partial charge is 0.447 e. The Morgan fingerprint density at radius 2 is 1.57 bits per heavy atom. The number of rotatable bonds is 8. The highest BCUT2D eigenvalue weighted by Crippen LogP contribution is 2.46. The predicted molar refractivity (Wildman–Crippen MR) is 150 cm³/mol. The minimum atomic E-state index is -0.315. The summed E-state index contributed by atoms with van der Waals surface area (Å²) in [7, 11) is 0. The van der Waals surface area contributed by atoms with Crippen molar-refractivity contribution in [3.8, 4) is 0 Å². The Morgan fingerprint density at radius 1 is 0.919 bits per heavy atom. The second kappa shape index (κ2) is 10.2. The number of hydrogen-bond donors (Lipinski definition) is 1. The Bertz CT molecular complexity index is 1320. The molecule has 0 radical (unpaired) electrons. The normalized spacial score (nSPS) is 15.6. The first-order valence-corrected chi connectivity index (χ1v) is 13.3. The van der Waals surface area contributed by atoms with E-state index in [9.17, 15) is 9.59 Å². The number of fused-ring (bicyclic) bond motifs is 1. The van der Waals surface area contributed by atoms with Crippen LogP contribution in [0.25, 0.3) is 0 Å². The monoisotopic (exact) mass is 500 g/mol. The van der Waals surface area contributed by atoms with Crippen molar-refractivity contribution in [3.63, 3.8) is 0 Å². The number of furan rings is 1. The minimum Gasteiger partial charge on any atom is -0.447 e. The maximum Gasteiger partial charge on any atom is 0.287 e. The number of anilines is 1. The van der Waals surface area contributed by atoms with Crippen molar-refractivity contribution in [3.05, 3.63) is 87.9 Å². The zero-order valence-corrected chi connectivity index (χ0v) is 23.3. The highest BCUT2D eigenvalue weighted by atomic mass is 16.4. The molecule has 37 heavy (non-hydrogen) atoms. The number of ketones is 1. The zero-order valence-electron chi connectivity index (χ0n) is 23.3. The van der Waals surface area contributed by atoms with Gasteiger partial charge < -0.3 is 14.6 Å². The number of amides is 1. The number of hydrogen-bond acceptors (Lipinski definition) is 4. The van der Waals surface area contributed by atoms with E-state index < -0.39 is 0 Å². The van der Waals surface area contributed by atoms with Crippen LogP contribution in [0, 0.1) is 13.8 Å². The summed E-state index contributed by atoms with van der Waals surface area (Å²) in [6, 6.07) is 15.8. The number of nitrogens with zero attached hydrogens (tertiary/aromatic N) is 1. The third-order valence-electron chi connectivity index (χ3n) is 7.91. The second-order valence-corrected chi connectivity index (χ2v) is 11.6. The molecule has 0 unspecified atom stereocenters. The molecule has 0 saturated carbocycles. The van der Waals surface area contributed by atoms with Crippen molar-refractivity contribution in [1.29, 1.82) is 0 Å². The van der Waals surface area contributed by atoms with E-state index in [0.717, 1.165) is 30.6 Å². The third kappa shape index (κ3) is 5.51. The number of aryl methyl sites for hydroxylation is 2. The Hall–Kier alpha value is -3.34. The molecule has 1 aliphatic rings. The summed E-state index contributed by atoms with van der Waals surface area (Å²) < 4.78 is 5.76. The van der Waals surface area contributed by atoms with Crippen molar-refractivity contribution in [1.82, 2.24) is 5.32 Å². The molecule has 4 rings (SSSR count). The van der Waals surface area contributed by atoms with Crippen LogP contribution in [0.4, 0.5) is 5.69 Å². The van der Waals surface area contributed by atoms with Crippen LogP contribution in [0.1, 0.15) is 96.4 Å². The van der Waals surface area contributed by atoms with E-state index in [2.05, 4.69) is 82.1 Å². The van der Waals surface area contributed by atoms with Crippen LogP contribution in [-0.4, -0.2) is 31.3 Å². The van der Waals surface area contributed by atoms with Crippen LogP contribution in [0.2, 0.25) is 0 Å². The average molecular weight is 501 g/mol. The van der Waals surface area contributed by atoms with Gasteiger partial charge in [0.2, 0.25) is 5.78 Å². The fourth-order valence-corrected chi connectivity index (χ4v) is 5.37. The van der Waals surface area contributed by atoms with Crippen LogP contribution in [0.5, 0.6) is 0 Å². The number of nitrogens with one attached hydrogen (secondary N) is 1. The van der Waals surface area contributed by atoms with Crippen molar-refractivity contribution < 1.29 is 14.0 Å². The van der Waals surface area contributed by atoms with Crippen molar-refractivity contribution in [2.45, 2.75) is 72.1 Å². The lowest BCUT2D eigenvalue weighted by Gasteiger charge is -2.42. The maximum atomic E-state index is 13.5. The summed E-state index contributed by atoms with van der Waals surface area (Å²) in [5.41, 5.74) is 6.56. The number of likely N-dealkylation sites (N-methyl/N-ethyl adjacent to an activating group) is 1. The highest BCUT2D eigenvalue weighted by Gasteiger charge is 2.38. The predicted octanol–water partition coefficient (Wildman–Crippen LogP) is 6.73. The molecule has 2 aromatic carbocycles. The summed E-state index contributed by atoms with van der Waals surface area (Å²) in [6.07, 6.45) is 2.20. The first-order chi connectivity index (χ1) is 17.4. The molecule has 196 valence electrons. The van der Waals surface area contributed by atoms with E-state index in [1.807, 2.05) is 13.0 Å². The Morgan fingerprint density at radius 3 is 2.22 bits per heavy atom. The van der Waals surface area contributed by atoms with E-state index in [-0.39, 0.29) is 34.0 Å². The fourth-order valence-electron chi connectivity index (χ4n) is 5.37. The summed E-state index contributed by atoms with van der Waals surface area (Å²) in [5.74, 6) is -0.158. The van der Waals surface area contributed by atoms with Gasteiger partial charge in [0.25, 0.3) is 5.91 Å². The summed E-state index contributed by atoms with van der Waals surface area (Å²) >= 11 is 0. The smallest absolute Gasteiger partial charge is 0.287 e. The van der Waals surface area contributed by atoms with Crippen LogP contribution >= 0.6 is 0 Å². The molecule has 1 aliphatic carbocycles. The lowest BCUT2D eigenvalue weighted by Crippen LogP contribution is -2.34. The second-order valence-electron chi connectivity index (χ2n) is 11.6. The molecule has 1 aromatic heterocycles. The Balaban J connectivity index is 1.46. The highest BCUT2D eigenvalue weighted by molar-refractivity contribution is 6.09. The van der Waals surface area contributed by atoms with Gasteiger partial charge in [0, 0.05) is 30.9 Å². The van der Waals surface area contributed by atoms with Gasteiger partial charge in [0.05, 0.1) is 0 Å². The van der Waals surface area contributed by atoms with Crippen molar-refractivity contribution in [2.75, 3.05) is 24.5 Å².